The Hall–Kier alpha value is -5.09. The number of nitrogens with zero attached hydrogens (tertiary/aromatic N) is 3. The fourth-order valence-corrected chi connectivity index (χ4v) is 6.38. The number of rotatable bonds is 3. The fraction of sp³-hybridized carbons (Fsp3) is 0. The van der Waals surface area contributed by atoms with E-state index in [2.05, 4.69) is 143 Å². The molecule has 182 valence electrons. The Labute approximate surface area is 228 Å². The molecule has 0 radical (unpaired) electrons. The maximum atomic E-state index is 4.81. The highest BCUT2D eigenvalue weighted by Crippen LogP contribution is 2.44. The predicted molar refractivity (Wildman–Crippen MR) is 164 cm³/mol. The van der Waals surface area contributed by atoms with E-state index < -0.39 is 0 Å². The second-order valence-electron chi connectivity index (χ2n) is 10.00. The molecule has 0 saturated carbocycles. The lowest BCUT2D eigenvalue weighted by atomic mass is 9.32. The zero-order valence-corrected chi connectivity index (χ0v) is 21.3. The largest absolute Gasteiger partial charge is 0.311 e. The summed E-state index contributed by atoms with van der Waals surface area (Å²) < 4.78 is 0. The first-order valence-corrected chi connectivity index (χ1v) is 13.4. The molecule has 0 unspecified atom stereocenters. The summed E-state index contributed by atoms with van der Waals surface area (Å²) in [5, 5.41) is 0. The zero-order valence-electron chi connectivity index (χ0n) is 21.3. The third-order valence-electron chi connectivity index (χ3n) is 7.90. The Balaban J connectivity index is 1.50. The summed E-state index contributed by atoms with van der Waals surface area (Å²) in [7, 11) is 0. The van der Waals surface area contributed by atoms with Crippen molar-refractivity contribution in [3.63, 3.8) is 0 Å². The van der Waals surface area contributed by atoms with Gasteiger partial charge >= 0.3 is 0 Å². The molecule has 1 aromatic heterocycles. The SMILES string of the molecule is c1ccc(N2c3ccccc3B3c4c(-c5ccccn5)cccc4N(c4ccccc4)c4cccc2c43)cc1. The van der Waals surface area contributed by atoms with E-state index in [0.717, 1.165) is 17.1 Å². The summed E-state index contributed by atoms with van der Waals surface area (Å²) in [5.41, 5.74) is 13.2. The molecule has 39 heavy (non-hydrogen) atoms. The number of pyridine rings is 1. The minimum absolute atomic E-state index is 0.0699. The van der Waals surface area contributed by atoms with E-state index in [0.29, 0.717) is 0 Å². The van der Waals surface area contributed by atoms with Crippen molar-refractivity contribution in [1.82, 2.24) is 4.98 Å². The molecule has 0 amide bonds. The van der Waals surface area contributed by atoms with E-state index in [4.69, 9.17) is 4.98 Å². The third-order valence-corrected chi connectivity index (χ3v) is 7.90. The molecule has 0 aliphatic carbocycles. The van der Waals surface area contributed by atoms with E-state index in [1.54, 1.807) is 0 Å². The van der Waals surface area contributed by atoms with E-state index >= 15 is 0 Å². The summed E-state index contributed by atoms with van der Waals surface area (Å²) in [6.07, 6.45) is 1.89. The van der Waals surface area contributed by atoms with Crippen molar-refractivity contribution in [2.75, 3.05) is 9.80 Å². The average molecular weight is 497 g/mol. The summed E-state index contributed by atoms with van der Waals surface area (Å²) in [6, 6.07) is 49.8. The highest BCUT2D eigenvalue weighted by Gasteiger charge is 2.44. The Bertz CT molecular complexity index is 1810. The number of fused-ring (bicyclic) bond motifs is 4. The number of anilines is 6. The molecular formula is C35H24BN3. The standard InChI is InChI=1S/C35H24BN3/c1-3-13-25(14-4-1)38-30-20-8-7-18-28(30)36-34-27(29-19-9-10-24-37-29)17-11-21-31(34)39(26-15-5-2-6-16-26)33-23-12-22-32(38)35(33)36/h1-24H. The molecular weight excluding hydrogens is 473 g/mol. The second-order valence-corrected chi connectivity index (χ2v) is 10.00. The quantitative estimate of drug-likeness (QED) is 0.250. The van der Waals surface area contributed by atoms with Gasteiger partial charge in [-0.3, -0.25) is 4.98 Å². The Morgan fingerprint density at radius 3 is 1.64 bits per heavy atom. The van der Waals surface area contributed by atoms with Crippen LogP contribution in [0.25, 0.3) is 11.3 Å². The Morgan fingerprint density at radius 2 is 0.974 bits per heavy atom. The molecule has 3 nitrogen and oxygen atoms in total. The van der Waals surface area contributed by atoms with Crippen molar-refractivity contribution in [3.05, 3.63) is 146 Å². The van der Waals surface area contributed by atoms with Gasteiger partial charge < -0.3 is 9.80 Å². The molecule has 3 heterocycles. The average Bonchev–Trinajstić information content (AvgIpc) is 3.02. The van der Waals surface area contributed by atoms with Crippen molar-refractivity contribution >= 4 is 57.2 Å². The lowest BCUT2D eigenvalue weighted by Crippen LogP contribution is -2.61. The van der Waals surface area contributed by atoms with Gasteiger partial charge in [0.05, 0.1) is 5.69 Å². The van der Waals surface area contributed by atoms with Gasteiger partial charge in [-0.1, -0.05) is 78.9 Å². The van der Waals surface area contributed by atoms with Crippen LogP contribution in [0, 0.1) is 0 Å². The van der Waals surface area contributed by atoms with Crippen LogP contribution in [0.4, 0.5) is 34.1 Å². The van der Waals surface area contributed by atoms with Crippen molar-refractivity contribution in [3.8, 4) is 11.3 Å². The van der Waals surface area contributed by atoms with Gasteiger partial charge in [-0.25, -0.2) is 0 Å². The number of hydrogen-bond donors (Lipinski definition) is 0. The maximum Gasteiger partial charge on any atom is 0.253 e. The molecule has 2 aliphatic rings. The molecule has 0 saturated heterocycles. The van der Waals surface area contributed by atoms with Crippen LogP contribution in [0.5, 0.6) is 0 Å². The van der Waals surface area contributed by atoms with Crippen LogP contribution >= 0.6 is 0 Å². The van der Waals surface area contributed by atoms with Crippen LogP contribution in [0.1, 0.15) is 0 Å². The number of aromatic nitrogens is 1. The van der Waals surface area contributed by atoms with E-state index in [-0.39, 0.29) is 6.71 Å². The van der Waals surface area contributed by atoms with Crippen LogP contribution in [-0.2, 0) is 0 Å². The number of para-hydroxylation sites is 3. The van der Waals surface area contributed by atoms with Gasteiger partial charge in [-0.05, 0) is 82.6 Å². The molecule has 6 aromatic rings. The van der Waals surface area contributed by atoms with Crippen LogP contribution in [-0.4, -0.2) is 11.7 Å². The van der Waals surface area contributed by atoms with Crippen LogP contribution in [0.3, 0.4) is 0 Å². The first-order chi connectivity index (χ1) is 19.4. The van der Waals surface area contributed by atoms with Crippen LogP contribution in [0.2, 0.25) is 0 Å². The molecule has 2 aliphatic heterocycles. The van der Waals surface area contributed by atoms with E-state index in [9.17, 15) is 0 Å². The summed E-state index contributed by atoms with van der Waals surface area (Å²) in [4.78, 5) is 9.65. The predicted octanol–water partition coefficient (Wildman–Crippen LogP) is 6.83. The summed E-state index contributed by atoms with van der Waals surface area (Å²) in [6.45, 7) is 0.0699. The molecule has 0 N–H and O–H groups in total. The van der Waals surface area contributed by atoms with Gasteiger partial charge in [0.25, 0.3) is 6.71 Å². The molecule has 0 fully saturated rings. The fourth-order valence-electron chi connectivity index (χ4n) is 6.38. The molecule has 0 atom stereocenters. The van der Waals surface area contributed by atoms with Crippen LogP contribution < -0.4 is 26.2 Å². The summed E-state index contributed by atoms with van der Waals surface area (Å²) >= 11 is 0. The molecule has 0 spiro atoms. The van der Waals surface area contributed by atoms with Crippen molar-refractivity contribution in [1.29, 1.82) is 0 Å². The van der Waals surface area contributed by atoms with Gasteiger partial charge in [0, 0.05) is 40.3 Å². The molecule has 0 bridgehead atoms. The van der Waals surface area contributed by atoms with Crippen molar-refractivity contribution in [2.45, 2.75) is 0 Å². The van der Waals surface area contributed by atoms with Gasteiger partial charge in [0.1, 0.15) is 0 Å². The maximum absolute atomic E-state index is 4.81. The number of hydrogen-bond acceptors (Lipinski definition) is 3. The minimum Gasteiger partial charge on any atom is -0.311 e. The monoisotopic (exact) mass is 497 g/mol. The first-order valence-electron chi connectivity index (χ1n) is 13.4. The van der Waals surface area contributed by atoms with Crippen molar-refractivity contribution < 1.29 is 0 Å². The first kappa shape index (κ1) is 21.9. The third kappa shape index (κ3) is 3.28. The lowest BCUT2D eigenvalue weighted by Gasteiger charge is -2.44. The van der Waals surface area contributed by atoms with Gasteiger partial charge in [0.15, 0.2) is 0 Å². The normalized spacial score (nSPS) is 13.0. The summed E-state index contributed by atoms with van der Waals surface area (Å²) in [5.74, 6) is 0. The topological polar surface area (TPSA) is 19.4 Å². The second kappa shape index (κ2) is 8.75. The lowest BCUT2D eigenvalue weighted by molar-refractivity contribution is 1.25. The smallest absolute Gasteiger partial charge is 0.253 e. The Kier molecular flexibility index (Phi) is 4.92. The van der Waals surface area contributed by atoms with Gasteiger partial charge in [-0.2, -0.15) is 0 Å². The van der Waals surface area contributed by atoms with Crippen LogP contribution in [0.15, 0.2) is 146 Å². The van der Waals surface area contributed by atoms with Crippen molar-refractivity contribution in [2.24, 2.45) is 0 Å². The molecule has 8 rings (SSSR count). The molecule has 4 heteroatoms. The highest BCUT2D eigenvalue weighted by atomic mass is 15.2. The Morgan fingerprint density at radius 1 is 0.436 bits per heavy atom. The molecule has 5 aromatic carbocycles. The van der Waals surface area contributed by atoms with Gasteiger partial charge in [-0.15, -0.1) is 0 Å². The van der Waals surface area contributed by atoms with Gasteiger partial charge in [0.2, 0.25) is 0 Å². The van der Waals surface area contributed by atoms with E-state index in [1.807, 2.05) is 12.3 Å². The zero-order chi connectivity index (χ0) is 25.8. The minimum atomic E-state index is 0.0699. The van der Waals surface area contributed by atoms with E-state index in [1.165, 1.54) is 44.7 Å². The highest BCUT2D eigenvalue weighted by molar-refractivity contribution is 7.01. The number of benzene rings is 5.